The van der Waals surface area contributed by atoms with Crippen LogP contribution in [0.2, 0.25) is 0 Å². The number of nitrogens with zero attached hydrogens (tertiary/aromatic N) is 3. The average Bonchev–Trinajstić information content (AvgIpc) is 3.13. The van der Waals surface area contributed by atoms with Gasteiger partial charge >= 0.3 is 0 Å². The molecule has 0 saturated heterocycles. The van der Waals surface area contributed by atoms with Gasteiger partial charge in [-0.3, -0.25) is 0 Å². The normalized spacial score (nSPS) is 20.6. The van der Waals surface area contributed by atoms with E-state index in [0.29, 0.717) is 6.54 Å². The fourth-order valence-corrected chi connectivity index (χ4v) is 3.14. The zero-order chi connectivity index (χ0) is 14.2. The van der Waals surface area contributed by atoms with E-state index in [0.717, 1.165) is 43.5 Å². The number of nitrogens with one attached hydrogen (secondary N) is 1. The van der Waals surface area contributed by atoms with Crippen LogP contribution in [0.5, 0.6) is 0 Å². The van der Waals surface area contributed by atoms with Crippen molar-refractivity contribution in [3.05, 3.63) is 17.7 Å². The second-order valence-corrected chi connectivity index (χ2v) is 7.74. The topological polar surface area (TPSA) is 67.2 Å². The van der Waals surface area contributed by atoms with Crippen molar-refractivity contribution in [1.29, 1.82) is 0 Å². The molecule has 112 valence electrons. The lowest BCUT2D eigenvalue weighted by Gasteiger charge is -2.19. The van der Waals surface area contributed by atoms with Crippen LogP contribution in [0.1, 0.15) is 24.4 Å². The van der Waals surface area contributed by atoms with Crippen LogP contribution in [0.4, 0.5) is 0 Å². The van der Waals surface area contributed by atoms with Crippen LogP contribution < -0.4 is 4.72 Å². The van der Waals surface area contributed by atoms with E-state index in [-0.39, 0.29) is 0 Å². The second-order valence-electron chi connectivity index (χ2n) is 5.90. The fraction of sp³-hybridized carbons (Fsp3) is 0.769. The van der Waals surface area contributed by atoms with Crippen LogP contribution >= 0.6 is 0 Å². The minimum absolute atomic E-state index is 0.328. The summed E-state index contributed by atoms with van der Waals surface area (Å²) in [6.07, 6.45) is 6.69. The summed E-state index contributed by atoms with van der Waals surface area (Å²) < 4.78 is 27.1. The Morgan fingerprint density at radius 3 is 2.85 bits per heavy atom. The maximum atomic E-state index is 11.2. The maximum absolute atomic E-state index is 11.2. The van der Waals surface area contributed by atoms with E-state index in [4.69, 9.17) is 0 Å². The summed E-state index contributed by atoms with van der Waals surface area (Å²) in [4.78, 5) is 6.96. The van der Waals surface area contributed by atoms with Gasteiger partial charge in [-0.15, -0.1) is 0 Å². The SMILES string of the molecule is CS(=O)(=O)NCc1cnc2n1CCN(CC1CC1)CC2. The van der Waals surface area contributed by atoms with Crippen LogP contribution in [0, 0.1) is 5.92 Å². The third kappa shape index (κ3) is 3.59. The molecule has 1 aliphatic carbocycles. The van der Waals surface area contributed by atoms with Crippen LogP contribution in [-0.4, -0.2) is 48.8 Å². The average molecular weight is 298 g/mol. The molecule has 20 heavy (non-hydrogen) atoms. The van der Waals surface area contributed by atoms with E-state index in [1.165, 1.54) is 25.6 Å². The van der Waals surface area contributed by atoms with Gasteiger partial charge in [0.25, 0.3) is 0 Å². The Kier molecular flexibility index (Phi) is 3.83. The van der Waals surface area contributed by atoms with Gasteiger partial charge in [-0.05, 0) is 18.8 Å². The molecule has 1 aromatic heterocycles. The van der Waals surface area contributed by atoms with E-state index in [2.05, 4.69) is 19.2 Å². The van der Waals surface area contributed by atoms with Gasteiger partial charge in [-0.2, -0.15) is 0 Å². The van der Waals surface area contributed by atoms with Crippen LogP contribution in [0.25, 0.3) is 0 Å². The van der Waals surface area contributed by atoms with E-state index < -0.39 is 10.0 Å². The molecule has 3 rings (SSSR count). The third-order valence-electron chi connectivity index (χ3n) is 4.04. The zero-order valence-electron chi connectivity index (χ0n) is 11.9. The molecule has 6 nitrogen and oxygen atoms in total. The lowest BCUT2D eigenvalue weighted by molar-refractivity contribution is 0.268. The molecule has 7 heteroatoms. The number of rotatable bonds is 5. The quantitative estimate of drug-likeness (QED) is 0.843. The van der Waals surface area contributed by atoms with E-state index in [9.17, 15) is 8.42 Å². The Bertz CT molecular complexity index is 577. The van der Waals surface area contributed by atoms with Gasteiger partial charge < -0.3 is 9.47 Å². The van der Waals surface area contributed by atoms with Gasteiger partial charge in [-0.1, -0.05) is 0 Å². The molecular weight excluding hydrogens is 276 g/mol. The molecule has 1 aliphatic heterocycles. The number of fused-ring (bicyclic) bond motifs is 1. The highest BCUT2D eigenvalue weighted by Crippen LogP contribution is 2.30. The van der Waals surface area contributed by atoms with E-state index in [1.807, 2.05) is 0 Å². The highest BCUT2D eigenvalue weighted by atomic mass is 32.2. The highest BCUT2D eigenvalue weighted by Gasteiger charge is 2.26. The summed E-state index contributed by atoms with van der Waals surface area (Å²) in [5.41, 5.74) is 0.957. The van der Waals surface area contributed by atoms with Gasteiger partial charge in [0.15, 0.2) is 0 Å². The van der Waals surface area contributed by atoms with Gasteiger partial charge in [0, 0.05) is 38.8 Å². The number of hydrogen-bond donors (Lipinski definition) is 1. The molecule has 1 fully saturated rings. The van der Waals surface area contributed by atoms with Gasteiger partial charge in [0.1, 0.15) is 5.82 Å². The van der Waals surface area contributed by atoms with Crippen molar-refractivity contribution < 1.29 is 8.42 Å². The minimum atomic E-state index is -3.16. The number of aromatic nitrogens is 2. The third-order valence-corrected chi connectivity index (χ3v) is 4.71. The summed E-state index contributed by atoms with van der Waals surface area (Å²) in [7, 11) is -3.16. The Morgan fingerprint density at radius 1 is 1.35 bits per heavy atom. The number of imidazole rings is 1. The van der Waals surface area contributed by atoms with E-state index in [1.54, 1.807) is 6.20 Å². The molecule has 2 aliphatic rings. The molecule has 0 spiro atoms. The zero-order valence-corrected chi connectivity index (χ0v) is 12.7. The van der Waals surface area contributed by atoms with Crippen molar-refractivity contribution in [3.63, 3.8) is 0 Å². The molecule has 1 saturated carbocycles. The molecule has 1 N–H and O–H groups in total. The molecule has 0 bridgehead atoms. The first kappa shape index (κ1) is 14.0. The second kappa shape index (κ2) is 5.46. The Hall–Kier alpha value is -0.920. The Morgan fingerprint density at radius 2 is 2.15 bits per heavy atom. The van der Waals surface area contributed by atoms with Crippen molar-refractivity contribution in [2.24, 2.45) is 5.92 Å². The fourth-order valence-electron chi connectivity index (χ4n) is 2.73. The van der Waals surface area contributed by atoms with Gasteiger partial charge in [0.2, 0.25) is 10.0 Å². The first-order chi connectivity index (χ1) is 9.51. The summed E-state index contributed by atoms with van der Waals surface area (Å²) in [6.45, 7) is 4.54. The number of hydrogen-bond acceptors (Lipinski definition) is 4. The van der Waals surface area contributed by atoms with Crippen molar-refractivity contribution >= 4 is 10.0 Å². The van der Waals surface area contributed by atoms with Gasteiger partial charge in [0.05, 0.1) is 18.5 Å². The van der Waals surface area contributed by atoms with Crippen LogP contribution in [-0.2, 0) is 29.5 Å². The minimum Gasteiger partial charge on any atom is -0.329 e. The van der Waals surface area contributed by atoms with Crippen molar-refractivity contribution in [3.8, 4) is 0 Å². The van der Waals surface area contributed by atoms with Crippen molar-refractivity contribution in [2.75, 3.05) is 25.9 Å². The molecular formula is C13H22N4O2S. The first-order valence-corrected chi connectivity index (χ1v) is 9.11. The predicted octanol–water partition coefficient (Wildman–Crippen LogP) is 0.200. The number of sulfonamides is 1. The molecule has 1 aromatic rings. The lowest BCUT2D eigenvalue weighted by atomic mass is 10.3. The molecule has 0 amide bonds. The van der Waals surface area contributed by atoms with Crippen molar-refractivity contribution in [1.82, 2.24) is 19.2 Å². The summed E-state index contributed by atoms with van der Waals surface area (Å²) in [5, 5.41) is 0. The largest absolute Gasteiger partial charge is 0.329 e. The van der Waals surface area contributed by atoms with Crippen LogP contribution in [0.3, 0.4) is 0 Å². The van der Waals surface area contributed by atoms with Gasteiger partial charge in [-0.25, -0.2) is 18.1 Å². The Balaban J connectivity index is 1.64. The summed E-state index contributed by atoms with van der Waals surface area (Å²) >= 11 is 0. The maximum Gasteiger partial charge on any atom is 0.209 e. The lowest BCUT2D eigenvalue weighted by Crippen LogP contribution is -2.29. The standard InChI is InChI=1S/C13H22N4O2S/c1-20(18,19)15-9-12-8-14-13-4-5-16(6-7-17(12)13)10-11-2-3-11/h8,11,15H,2-7,9-10H2,1H3. The molecule has 2 heterocycles. The first-order valence-electron chi connectivity index (χ1n) is 7.21. The predicted molar refractivity (Wildman–Crippen MR) is 76.8 cm³/mol. The van der Waals surface area contributed by atoms with E-state index >= 15 is 0 Å². The van der Waals surface area contributed by atoms with Crippen molar-refractivity contribution in [2.45, 2.75) is 32.4 Å². The van der Waals surface area contributed by atoms with Crippen LogP contribution in [0.15, 0.2) is 6.20 Å². The highest BCUT2D eigenvalue weighted by molar-refractivity contribution is 7.88. The smallest absolute Gasteiger partial charge is 0.209 e. The Labute approximate surface area is 120 Å². The molecule has 0 radical (unpaired) electrons. The molecule has 0 aromatic carbocycles. The summed E-state index contributed by atoms with van der Waals surface area (Å²) in [5.74, 6) is 1.99. The molecule has 0 atom stereocenters. The molecule has 0 unspecified atom stereocenters. The monoisotopic (exact) mass is 298 g/mol. The summed E-state index contributed by atoms with van der Waals surface area (Å²) in [6, 6.07) is 0.